The van der Waals surface area contributed by atoms with E-state index in [-0.39, 0.29) is 22.7 Å². The molecule has 0 aliphatic heterocycles. The van der Waals surface area contributed by atoms with Crippen LogP contribution in [0.1, 0.15) is 41.1 Å². The van der Waals surface area contributed by atoms with Crippen molar-refractivity contribution in [1.29, 1.82) is 0 Å². The first-order valence-corrected chi connectivity index (χ1v) is 10.8. The van der Waals surface area contributed by atoms with Crippen molar-refractivity contribution >= 4 is 22.5 Å². The summed E-state index contributed by atoms with van der Waals surface area (Å²) in [5.41, 5.74) is 1.01. The van der Waals surface area contributed by atoms with Crippen LogP contribution < -0.4 is 5.56 Å². The molecule has 0 fully saturated rings. The van der Waals surface area contributed by atoms with E-state index in [0.717, 1.165) is 0 Å². The molecule has 0 aliphatic rings. The molecule has 1 atom stereocenters. The standard InChI is InChI=1S/C24H29N5O4/c1-6-20(22-25-19-10-8-7-9-18(19)24(31)27(22)5)28(14-13-26(3)4)23(30)17-12-11-16(2)21(15-17)29(32)33/h7-12,15,20H,6,13-14H2,1-5H3. The Kier molecular flexibility index (Phi) is 7.23. The van der Waals surface area contributed by atoms with Crippen LogP contribution in [0.25, 0.3) is 10.9 Å². The number of rotatable bonds is 8. The van der Waals surface area contributed by atoms with Crippen LogP contribution in [0.4, 0.5) is 5.69 Å². The molecule has 33 heavy (non-hydrogen) atoms. The first kappa shape index (κ1) is 24.1. The Morgan fingerprint density at radius 2 is 1.88 bits per heavy atom. The zero-order chi connectivity index (χ0) is 24.3. The quantitative estimate of drug-likeness (QED) is 0.385. The van der Waals surface area contributed by atoms with Crippen LogP contribution in [0.3, 0.4) is 0 Å². The smallest absolute Gasteiger partial charge is 0.273 e. The zero-order valence-electron chi connectivity index (χ0n) is 19.6. The minimum absolute atomic E-state index is 0.0994. The van der Waals surface area contributed by atoms with Gasteiger partial charge >= 0.3 is 0 Å². The number of likely N-dealkylation sites (N-methyl/N-ethyl adjacent to an activating group) is 1. The molecule has 1 heterocycles. The summed E-state index contributed by atoms with van der Waals surface area (Å²) in [4.78, 5) is 45.9. The third kappa shape index (κ3) is 4.93. The molecule has 9 nitrogen and oxygen atoms in total. The molecule has 9 heteroatoms. The van der Waals surface area contributed by atoms with Gasteiger partial charge in [-0.25, -0.2) is 4.98 Å². The highest BCUT2D eigenvalue weighted by Gasteiger charge is 2.29. The maximum atomic E-state index is 13.6. The molecule has 0 N–H and O–H groups in total. The first-order valence-electron chi connectivity index (χ1n) is 10.8. The van der Waals surface area contributed by atoms with Gasteiger partial charge in [0.15, 0.2) is 0 Å². The molecular formula is C24H29N5O4. The first-order chi connectivity index (χ1) is 15.6. The van der Waals surface area contributed by atoms with Crippen molar-refractivity contribution < 1.29 is 9.72 Å². The lowest BCUT2D eigenvalue weighted by Gasteiger charge is -2.32. The SMILES string of the molecule is CCC(c1nc2ccccc2c(=O)n1C)N(CCN(C)C)C(=O)c1ccc(C)c([N+](=O)[O-])c1. The number of carbonyl (C=O) groups excluding carboxylic acids is 1. The number of fused-ring (bicyclic) bond motifs is 1. The second-order valence-corrected chi connectivity index (χ2v) is 8.34. The molecule has 0 spiro atoms. The second-order valence-electron chi connectivity index (χ2n) is 8.34. The number of nitrogens with zero attached hydrogens (tertiary/aromatic N) is 5. The summed E-state index contributed by atoms with van der Waals surface area (Å²) in [6, 6.07) is 11.1. The van der Waals surface area contributed by atoms with E-state index in [1.54, 1.807) is 49.2 Å². The maximum Gasteiger partial charge on any atom is 0.273 e. The molecule has 1 aromatic heterocycles. The predicted octanol–water partition coefficient (Wildman–Crippen LogP) is 3.31. The van der Waals surface area contributed by atoms with Gasteiger partial charge in [-0.1, -0.05) is 25.1 Å². The van der Waals surface area contributed by atoms with Crippen molar-refractivity contribution in [1.82, 2.24) is 19.4 Å². The summed E-state index contributed by atoms with van der Waals surface area (Å²) in [6.07, 6.45) is 0.520. The lowest BCUT2D eigenvalue weighted by molar-refractivity contribution is -0.385. The Labute approximate surface area is 192 Å². The monoisotopic (exact) mass is 451 g/mol. The van der Waals surface area contributed by atoms with Gasteiger partial charge in [0.1, 0.15) is 5.82 Å². The Hall–Kier alpha value is -3.59. The van der Waals surface area contributed by atoms with Gasteiger partial charge in [0.05, 0.1) is 21.9 Å². The number of amides is 1. The van der Waals surface area contributed by atoms with Crippen LogP contribution in [0.15, 0.2) is 47.3 Å². The fourth-order valence-electron chi connectivity index (χ4n) is 3.89. The molecule has 1 unspecified atom stereocenters. The van der Waals surface area contributed by atoms with Gasteiger partial charge in [-0.2, -0.15) is 0 Å². The van der Waals surface area contributed by atoms with E-state index in [9.17, 15) is 19.7 Å². The minimum atomic E-state index is -0.486. The predicted molar refractivity (Wildman–Crippen MR) is 127 cm³/mol. The van der Waals surface area contributed by atoms with Gasteiger partial charge in [-0.15, -0.1) is 0 Å². The molecule has 1 amide bonds. The van der Waals surface area contributed by atoms with Gasteiger partial charge in [-0.05, 0) is 45.6 Å². The summed E-state index contributed by atoms with van der Waals surface area (Å²) >= 11 is 0. The number of aromatic nitrogens is 2. The number of benzene rings is 2. The van der Waals surface area contributed by atoms with Crippen molar-refractivity contribution in [2.24, 2.45) is 7.05 Å². The third-order valence-electron chi connectivity index (χ3n) is 5.78. The van der Waals surface area contributed by atoms with E-state index in [1.165, 1.54) is 10.6 Å². The molecule has 0 aliphatic carbocycles. The van der Waals surface area contributed by atoms with E-state index in [0.29, 0.717) is 41.8 Å². The lowest BCUT2D eigenvalue weighted by Crippen LogP contribution is -2.41. The molecule has 2 aromatic carbocycles. The number of hydrogen-bond acceptors (Lipinski definition) is 6. The fourth-order valence-corrected chi connectivity index (χ4v) is 3.89. The van der Waals surface area contributed by atoms with Gasteiger partial charge in [0.2, 0.25) is 0 Å². The van der Waals surface area contributed by atoms with Gasteiger partial charge in [0, 0.05) is 37.3 Å². The highest BCUT2D eigenvalue weighted by atomic mass is 16.6. The minimum Gasteiger partial charge on any atom is -0.327 e. The van der Waals surface area contributed by atoms with Crippen LogP contribution in [-0.2, 0) is 7.05 Å². The Morgan fingerprint density at radius 1 is 1.18 bits per heavy atom. The average Bonchev–Trinajstić information content (AvgIpc) is 2.79. The van der Waals surface area contributed by atoms with E-state index in [1.807, 2.05) is 32.0 Å². The normalized spacial score (nSPS) is 12.2. The Morgan fingerprint density at radius 3 is 2.52 bits per heavy atom. The highest BCUT2D eigenvalue weighted by molar-refractivity contribution is 5.95. The van der Waals surface area contributed by atoms with Gasteiger partial charge in [-0.3, -0.25) is 24.3 Å². The molecule has 0 saturated heterocycles. The zero-order valence-corrected chi connectivity index (χ0v) is 19.6. The van der Waals surface area contributed by atoms with Crippen molar-refractivity contribution in [2.75, 3.05) is 27.2 Å². The Bertz CT molecular complexity index is 1250. The summed E-state index contributed by atoms with van der Waals surface area (Å²) in [5.74, 6) is 0.143. The average molecular weight is 452 g/mol. The number of para-hydroxylation sites is 1. The molecule has 0 radical (unpaired) electrons. The maximum absolute atomic E-state index is 13.6. The van der Waals surface area contributed by atoms with E-state index in [4.69, 9.17) is 4.98 Å². The molecule has 174 valence electrons. The van der Waals surface area contributed by atoms with Crippen LogP contribution in [0.2, 0.25) is 0 Å². The molecule has 3 aromatic rings. The van der Waals surface area contributed by atoms with Crippen molar-refractivity contribution in [3.05, 3.63) is 79.9 Å². The second kappa shape index (κ2) is 9.91. The van der Waals surface area contributed by atoms with Crippen molar-refractivity contribution in [3.63, 3.8) is 0 Å². The highest BCUT2D eigenvalue weighted by Crippen LogP contribution is 2.27. The molecule has 0 saturated carbocycles. The van der Waals surface area contributed by atoms with Crippen LogP contribution in [0, 0.1) is 17.0 Å². The van der Waals surface area contributed by atoms with Crippen molar-refractivity contribution in [3.8, 4) is 0 Å². The van der Waals surface area contributed by atoms with Crippen molar-refractivity contribution in [2.45, 2.75) is 26.3 Å². The van der Waals surface area contributed by atoms with E-state index in [2.05, 4.69) is 0 Å². The molecular weight excluding hydrogens is 422 g/mol. The van der Waals surface area contributed by atoms with Crippen LogP contribution in [0.5, 0.6) is 0 Å². The number of hydrogen-bond donors (Lipinski definition) is 0. The topological polar surface area (TPSA) is 102 Å². The van der Waals surface area contributed by atoms with Crippen LogP contribution in [-0.4, -0.2) is 57.4 Å². The van der Waals surface area contributed by atoms with E-state index < -0.39 is 11.0 Å². The Balaban J connectivity index is 2.13. The third-order valence-corrected chi connectivity index (χ3v) is 5.78. The molecule has 0 bridgehead atoms. The van der Waals surface area contributed by atoms with Crippen LogP contribution >= 0.6 is 0 Å². The number of aryl methyl sites for hydroxylation is 1. The number of carbonyl (C=O) groups is 1. The summed E-state index contributed by atoms with van der Waals surface area (Å²) < 4.78 is 1.49. The summed E-state index contributed by atoms with van der Waals surface area (Å²) in [6.45, 7) is 4.52. The summed E-state index contributed by atoms with van der Waals surface area (Å²) in [7, 11) is 5.47. The van der Waals surface area contributed by atoms with Gasteiger partial charge in [0.25, 0.3) is 17.2 Å². The van der Waals surface area contributed by atoms with E-state index >= 15 is 0 Å². The lowest BCUT2D eigenvalue weighted by atomic mass is 10.1. The fraction of sp³-hybridized carbons (Fsp3) is 0.375. The largest absolute Gasteiger partial charge is 0.327 e. The molecule has 3 rings (SSSR count). The summed E-state index contributed by atoms with van der Waals surface area (Å²) in [5, 5.41) is 11.9. The number of nitro groups is 1. The van der Waals surface area contributed by atoms with Gasteiger partial charge < -0.3 is 9.80 Å². The number of nitro benzene ring substituents is 1.